The smallest absolute Gasteiger partial charge is 0.342 e. The van der Waals surface area contributed by atoms with Crippen LogP contribution >= 0.6 is 22.9 Å². The van der Waals surface area contributed by atoms with Crippen molar-refractivity contribution in [3.05, 3.63) is 87.9 Å². The first kappa shape index (κ1) is 29.1. The van der Waals surface area contributed by atoms with Crippen LogP contribution in [-0.4, -0.2) is 70.7 Å². The minimum Gasteiger partial charge on any atom is -0.479 e. The van der Waals surface area contributed by atoms with Gasteiger partial charge in [0.05, 0.1) is 23.6 Å². The van der Waals surface area contributed by atoms with Gasteiger partial charge in [0.1, 0.15) is 23.8 Å². The number of aliphatic carboxylic acids is 1. The Morgan fingerprint density at radius 1 is 1.09 bits per heavy atom. The number of nitrogens with zero attached hydrogens (tertiary/aromatic N) is 5. The summed E-state index contributed by atoms with van der Waals surface area (Å²) in [5, 5.41) is 34.6. The third-order valence-electron chi connectivity index (χ3n) is 7.42. The van der Waals surface area contributed by atoms with Crippen LogP contribution in [0.5, 0.6) is 0 Å². The summed E-state index contributed by atoms with van der Waals surface area (Å²) < 4.78 is 13.5. The molecule has 0 aliphatic carbocycles. The number of aliphatic hydroxyl groups is 2. The van der Waals surface area contributed by atoms with Crippen LogP contribution in [0.2, 0.25) is 5.28 Å². The predicted molar refractivity (Wildman–Crippen MR) is 158 cm³/mol. The van der Waals surface area contributed by atoms with E-state index in [4.69, 9.17) is 26.8 Å². The van der Waals surface area contributed by atoms with Gasteiger partial charge in [-0.05, 0) is 35.2 Å². The minimum atomic E-state index is -1.90. The molecule has 2 aromatic carbocycles. The number of thiazole rings is 1. The summed E-state index contributed by atoms with van der Waals surface area (Å²) in [6, 6.07) is 17.4. The van der Waals surface area contributed by atoms with E-state index in [9.17, 15) is 20.1 Å². The molecule has 0 spiro atoms. The highest BCUT2D eigenvalue weighted by molar-refractivity contribution is 7.09. The number of ether oxygens (including phenoxy) is 2. The normalized spacial score (nSPS) is 21.7. The molecule has 0 bridgehead atoms. The van der Waals surface area contributed by atoms with Gasteiger partial charge in [-0.1, -0.05) is 54.6 Å². The van der Waals surface area contributed by atoms with E-state index in [0.717, 1.165) is 11.1 Å². The lowest BCUT2D eigenvalue weighted by molar-refractivity contribution is -0.177. The summed E-state index contributed by atoms with van der Waals surface area (Å²) in [6.45, 7) is 1.41. The molecule has 1 aliphatic heterocycles. The maximum atomic E-state index is 13.0. The number of aromatic nitrogens is 5. The molecule has 222 valence electrons. The lowest BCUT2D eigenvalue weighted by Crippen LogP contribution is -2.44. The third-order valence-corrected chi connectivity index (χ3v) is 8.36. The fourth-order valence-corrected chi connectivity index (χ4v) is 6.01. The van der Waals surface area contributed by atoms with Gasteiger partial charge in [-0.25, -0.2) is 14.8 Å². The first-order valence-electron chi connectivity index (χ1n) is 13.3. The molecule has 1 fully saturated rings. The average molecular weight is 623 g/mol. The summed E-state index contributed by atoms with van der Waals surface area (Å²) in [6.07, 6.45) is -3.79. The minimum absolute atomic E-state index is 0.0447. The number of nitrogen functional groups attached to an aromatic ring is 1. The van der Waals surface area contributed by atoms with E-state index in [1.807, 2.05) is 54.6 Å². The number of nitrogens with two attached hydrogens (primary N) is 1. The monoisotopic (exact) mass is 622 g/mol. The zero-order valence-electron chi connectivity index (χ0n) is 22.7. The van der Waals surface area contributed by atoms with Crippen LogP contribution in [0.15, 0.2) is 66.3 Å². The zero-order valence-corrected chi connectivity index (χ0v) is 24.3. The molecule has 5 N–H and O–H groups in total. The molecule has 0 unspecified atom stereocenters. The molecule has 3 aromatic heterocycles. The van der Waals surface area contributed by atoms with E-state index in [1.165, 1.54) is 22.2 Å². The van der Waals surface area contributed by atoms with Crippen LogP contribution in [0.1, 0.15) is 22.5 Å². The average Bonchev–Trinajstić information content (AvgIpc) is 3.70. The van der Waals surface area contributed by atoms with Crippen molar-refractivity contribution in [2.45, 2.75) is 43.5 Å². The number of aryl methyl sites for hydroxylation is 1. The van der Waals surface area contributed by atoms with Gasteiger partial charge < -0.3 is 30.5 Å². The molecule has 1 aliphatic rings. The van der Waals surface area contributed by atoms with Crippen molar-refractivity contribution >= 4 is 45.9 Å². The largest absolute Gasteiger partial charge is 0.479 e. The number of carbonyl (C=O) groups is 1. The Morgan fingerprint density at radius 3 is 2.49 bits per heavy atom. The summed E-state index contributed by atoms with van der Waals surface area (Å²) in [5.41, 5.74) is 7.39. The maximum absolute atomic E-state index is 13.0. The summed E-state index contributed by atoms with van der Waals surface area (Å²) >= 11 is 7.27. The zero-order chi connectivity index (χ0) is 30.3. The van der Waals surface area contributed by atoms with Crippen molar-refractivity contribution in [2.24, 2.45) is 0 Å². The molecule has 43 heavy (non-hydrogen) atoms. The standard InChI is InChI=1S/C29H27ClN6O6S/c1-15-33-20(13-43-15)29(27(39)40,11-16-7-9-18(10-8-16)17-5-3-2-4-6-17)41-12-19-22(37)23(38)26(42-19)36-14-32-21-24(31)34-28(30)35-25(21)36/h2-10,13-14,19,22-23,26,37-38H,11-12H2,1H3,(H,39,40)(H2,31,34,35)/t19-,22-,23-,26-,29+/m1/s1. The quantitative estimate of drug-likeness (QED) is 0.177. The highest BCUT2D eigenvalue weighted by Crippen LogP contribution is 2.37. The summed E-state index contributed by atoms with van der Waals surface area (Å²) in [7, 11) is 0. The fourth-order valence-electron chi connectivity index (χ4n) is 5.16. The molecule has 5 atom stereocenters. The van der Waals surface area contributed by atoms with Crippen molar-refractivity contribution in [1.29, 1.82) is 0 Å². The molecule has 1 saturated heterocycles. The number of aliphatic hydroxyl groups excluding tert-OH is 2. The van der Waals surface area contributed by atoms with Crippen molar-refractivity contribution in [2.75, 3.05) is 12.3 Å². The Kier molecular flexibility index (Phi) is 7.85. The molecular formula is C29H27ClN6O6S. The highest BCUT2D eigenvalue weighted by Gasteiger charge is 2.49. The van der Waals surface area contributed by atoms with E-state index in [2.05, 4.69) is 19.9 Å². The van der Waals surface area contributed by atoms with Gasteiger partial charge >= 0.3 is 5.97 Å². The number of benzene rings is 2. The van der Waals surface area contributed by atoms with Gasteiger partial charge in [0.25, 0.3) is 0 Å². The summed E-state index contributed by atoms with van der Waals surface area (Å²) in [5.74, 6) is -1.21. The summed E-state index contributed by atoms with van der Waals surface area (Å²) in [4.78, 5) is 29.6. The van der Waals surface area contributed by atoms with Crippen molar-refractivity contribution < 1.29 is 29.6 Å². The molecule has 14 heteroatoms. The SMILES string of the molecule is Cc1nc([C@](Cc2ccc(-c3ccccc3)cc2)(OC[C@H]2O[C@@H](n3cnc4c(N)nc(Cl)nc43)[C@H](O)[C@@H]2O)C(=O)O)cs1. The van der Waals surface area contributed by atoms with Gasteiger partial charge in [0.2, 0.25) is 10.9 Å². The van der Waals surface area contributed by atoms with E-state index in [-0.39, 0.29) is 41.0 Å². The van der Waals surface area contributed by atoms with Crippen LogP contribution in [0.25, 0.3) is 22.3 Å². The lowest BCUT2D eigenvalue weighted by atomic mass is 9.90. The fraction of sp³-hybridized carbons (Fsp3) is 0.276. The number of carboxylic acids is 1. The van der Waals surface area contributed by atoms with Crippen LogP contribution in [0, 0.1) is 6.92 Å². The Balaban J connectivity index is 1.27. The number of fused-ring (bicyclic) bond motifs is 1. The molecule has 12 nitrogen and oxygen atoms in total. The topological polar surface area (TPSA) is 179 Å². The van der Waals surface area contributed by atoms with Crippen LogP contribution in [0.3, 0.4) is 0 Å². The van der Waals surface area contributed by atoms with Gasteiger partial charge in [0, 0.05) is 11.8 Å². The van der Waals surface area contributed by atoms with Gasteiger partial charge in [-0.15, -0.1) is 11.3 Å². The van der Waals surface area contributed by atoms with Crippen LogP contribution < -0.4 is 5.73 Å². The van der Waals surface area contributed by atoms with Gasteiger partial charge in [0.15, 0.2) is 17.7 Å². The van der Waals surface area contributed by atoms with E-state index in [1.54, 1.807) is 12.3 Å². The van der Waals surface area contributed by atoms with Crippen LogP contribution in [0.4, 0.5) is 5.82 Å². The first-order valence-corrected chi connectivity index (χ1v) is 14.5. The molecule has 6 rings (SSSR count). The van der Waals surface area contributed by atoms with Crippen LogP contribution in [-0.2, 0) is 26.3 Å². The molecular weight excluding hydrogens is 596 g/mol. The second-order valence-corrected chi connectivity index (χ2v) is 11.6. The number of hydrogen-bond donors (Lipinski definition) is 4. The Morgan fingerprint density at radius 2 is 1.81 bits per heavy atom. The number of hydrogen-bond acceptors (Lipinski definition) is 11. The second kappa shape index (κ2) is 11.6. The molecule has 5 aromatic rings. The van der Waals surface area contributed by atoms with Gasteiger partial charge in [-0.2, -0.15) is 9.97 Å². The number of carboxylic acid groups (broad SMARTS) is 1. The highest BCUT2D eigenvalue weighted by atomic mass is 35.5. The third kappa shape index (κ3) is 5.46. The first-order chi connectivity index (χ1) is 20.7. The van der Waals surface area contributed by atoms with E-state index < -0.39 is 36.1 Å². The van der Waals surface area contributed by atoms with Crippen molar-refractivity contribution in [1.82, 2.24) is 24.5 Å². The Labute approximate surface area is 254 Å². The number of rotatable bonds is 9. The predicted octanol–water partition coefficient (Wildman–Crippen LogP) is 3.35. The van der Waals surface area contributed by atoms with E-state index >= 15 is 0 Å². The Bertz CT molecular complexity index is 1770. The van der Waals surface area contributed by atoms with Gasteiger partial charge in [-0.3, -0.25) is 4.57 Å². The molecule has 0 amide bonds. The Hall–Kier alpha value is -3.98. The van der Waals surface area contributed by atoms with E-state index in [0.29, 0.717) is 10.6 Å². The molecule has 0 radical (unpaired) electrons. The lowest BCUT2D eigenvalue weighted by Gasteiger charge is -2.30. The van der Waals surface area contributed by atoms with Crippen molar-refractivity contribution in [3.63, 3.8) is 0 Å². The second-order valence-electron chi connectivity index (χ2n) is 10.2. The molecule has 4 heterocycles. The number of anilines is 1. The number of imidazole rings is 1. The maximum Gasteiger partial charge on any atom is 0.342 e. The van der Waals surface area contributed by atoms with Crippen molar-refractivity contribution in [3.8, 4) is 11.1 Å². The number of halogens is 1. The molecule has 0 saturated carbocycles.